The van der Waals surface area contributed by atoms with Crippen LogP contribution in [0.4, 0.5) is 5.69 Å². The maximum Gasteiger partial charge on any atom is 0.291 e. The number of halogens is 1. The van der Waals surface area contributed by atoms with Crippen molar-refractivity contribution in [1.82, 2.24) is 4.90 Å². The van der Waals surface area contributed by atoms with E-state index in [1.165, 1.54) is 0 Å². The number of hydrogen-bond donors (Lipinski definition) is 1. The summed E-state index contributed by atoms with van der Waals surface area (Å²) in [6, 6.07) is 12.4. The molecule has 2 heterocycles. The molecule has 0 aromatic heterocycles. The zero-order chi connectivity index (χ0) is 19.7. The molecular weight excluding hydrogens is 376 g/mol. The van der Waals surface area contributed by atoms with Crippen molar-refractivity contribution in [3.8, 4) is 5.75 Å². The van der Waals surface area contributed by atoms with E-state index < -0.39 is 0 Å². The molecule has 0 saturated carbocycles. The van der Waals surface area contributed by atoms with Gasteiger partial charge >= 0.3 is 0 Å². The molecule has 2 aliphatic rings. The zero-order valence-corrected chi connectivity index (χ0v) is 16.3. The number of nitrogens with zero attached hydrogens (tertiary/aromatic N) is 1. The molecule has 2 amide bonds. The number of rotatable bonds is 2. The van der Waals surface area contributed by atoms with Crippen LogP contribution in [-0.4, -0.2) is 29.8 Å². The third-order valence-electron chi connectivity index (χ3n) is 5.18. The maximum atomic E-state index is 12.8. The summed E-state index contributed by atoms with van der Waals surface area (Å²) >= 11 is 6.16. The van der Waals surface area contributed by atoms with Crippen LogP contribution >= 0.6 is 11.6 Å². The van der Waals surface area contributed by atoms with Crippen molar-refractivity contribution >= 4 is 35.2 Å². The van der Waals surface area contributed by atoms with Crippen LogP contribution < -0.4 is 10.1 Å². The van der Waals surface area contributed by atoms with Gasteiger partial charge in [-0.2, -0.15) is 0 Å². The van der Waals surface area contributed by atoms with Gasteiger partial charge in [0.15, 0.2) is 11.5 Å². The van der Waals surface area contributed by atoms with Crippen molar-refractivity contribution in [2.75, 3.05) is 18.4 Å². The van der Waals surface area contributed by atoms with Crippen LogP contribution in [0.25, 0.3) is 6.08 Å². The number of carbonyl (C=O) groups is 2. The summed E-state index contributed by atoms with van der Waals surface area (Å²) in [7, 11) is 0. The predicted molar refractivity (Wildman–Crippen MR) is 109 cm³/mol. The molecule has 1 fully saturated rings. The average molecular weight is 397 g/mol. The van der Waals surface area contributed by atoms with E-state index in [1.54, 1.807) is 30.3 Å². The first kappa shape index (κ1) is 18.6. The first-order valence-electron chi connectivity index (χ1n) is 9.40. The Balaban J connectivity index is 1.55. The molecule has 6 heteroatoms. The van der Waals surface area contributed by atoms with E-state index in [2.05, 4.69) is 12.2 Å². The number of benzene rings is 2. The van der Waals surface area contributed by atoms with E-state index in [9.17, 15) is 9.59 Å². The van der Waals surface area contributed by atoms with Crippen LogP contribution in [0.2, 0.25) is 5.02 Å². The first-order chi connectivity index (χ1) is 13.5. The Labute approximate surface area is 168 Å². The van der Waals surface area contributed by atoms with E-state index in [0.29, 0.717) is 33.5 Å². The quantitative estimate of drug-likeness (QED) is 0.755. The molecule has 0 spiro atoms. The Bertz CT molecular complexity index is 962. The smallest absolute Gasteiger partial charge is 0.291 e. The second-order valence-corrected chi connectivity index (χ2v) is 7.68. The number of fused-ring (bicyclic) bond motifs is 1. The summed E-state index contributed by atoms with van der Waals surface area (Å²) in [4.78, 5) is 27.1. The summed E-state index contributed by atoms with van der Waals surface area (Å²) < 4.78 is 5.76. The van der Waals surface area contributed by atoms with Gasteiger partial charge in [0.05, 0.1) is 5.69 Å². The lowest BCUT2D eigenvalue weighted by molar-refractivity contribution is -0.115. The number of piperidine rings is 1. The molecular formula is C22H21ClN2O3. The number of amides is 2. The molecule has 2 aromatic rings. The number of hydrogen-bond acceptors (Lipinski definition) is 3. The maximum absolute atomic E-state index is 12.8. The van der Waals surface area contributed by atoms with Crippen molar-refractivity contribution in [1.29, 1.82) is 0 Å². The first-order valence-corrected chi connectivity index (χ1v) is 9.78. The molecule has 0 aliphatic carbocycles. The number of ether oxygens (including phenoxy) is 1. The minimum Gasteiger partial charge on any atom is -0.449 e. The molecule has 0 atom stereocenters. The van der Waals surface area contributed by atoms with Gasteiger partial charge < -0.3 is 15.0 Å². The van der Waals surface area contributed by atoms with E-state index in [4.69, 9.17) is 16.3 Å². The number of carbonyl (C=O) groups excluding carboxylic acids is 2. The fraction of sp³-hybridized carbons (Fsp3) is 0.273. The van der Waals surface area contributed by atoms with Crippen molar-refractivity contribution in [3.05, 3.63) is 64.4 Å². The molecule has 28 heavy (non-hydrogen) atoms. The molecule has 0 bridgehead atoms. The van der Waals surface area contributed by atoms with Gasteiger partial charge in [-0.25, -0.2) is 0 Å². The second kappa shape index (κ2) is 7.68. The van der Waals surface area contributed by atoms with Crippen LogP contribution in [0.1, 0.15) is 35.7 Å². The fourth-order valence-electron chi connectivity index (χ4n) is 3.42. The SMILES string of the molecule is CC1CCN(C(=O)c2ccc3c(c2)NC(=O)/C(=C/c2ccccc2Cl)O3)CC1. The normalized spacial score (nSPS) is 18.4. The largest absolute Gasteiger partial charge is 0.449 e. The standard InChI is InChI=1S/C22H21ClN2O3/c1-14-8-10-25(11-9-14)22(27)16-6-7-19-18(12-16)24-21(26)20(28-19)13-15-4-2-3-5-17(15)23/h2-7,12-14H,8-11H2,1H3,(H,24,26)/b20-13-. The molecule has 2 aromatic carbocycles. The molecule has 1 saturated heterocycles. The Morgan fingerprint density at radius 3 is 2.71 bits per heavy atom. The fourth-order valence-corrected chi connectivity index (χ4v) is 3.61. The van der Waals surface area contributed by atoms with E-state index >= 15 is 0 Å². The lowest BCUT2D eigenvalue weighted by Crippen LogP contribution is -2.38. The highest BCUT2D eigenvalue weighted by Crippen LogP contribution is 2.33. The summed E-state index contributed by atoms with van der Waals surface area (Å²) in [6.45, 7) is 3.75. The minimum absolute atomic E-state index is 0.0126. The Morgan fingerprint density at radius 2 is 1.96 bits per heavy atom. The number of anilines is 1. The monoisotopic (exact) mass is 396 g/mol. The van der Waals surface area contributed by atoms with Crippen LogP contribution in [0.5, 0.6) is 5.75 Å². The molecule has 4 rings (SSSR count). The van der Waals surface area contributed by atoms with Crippen molar-refractivity contribution < 1.29 is 14.3 Å². The third-order valence-corrected chi connectivity index (χ3v) is 5.53. The van der Waals surface area contributed by atoms with Crippen molar-refractivity contribution in [3.63, 3.8) is 0 Å². The van der Waals surface area contributed by atoms with Crippen LogP contribution in [0.3, 0.4) is 0 Å². The highest BCUT2D eigenvalue weighted by molar-refractivity contribution is 6.32. The number of likely N-dealkylation sites (tertiary alicyclic amines) is 1. The van der Waals surface area contributed by atoms with E-state index in [1.807, 2.05) is 23.1 Å². The molecule has 0 radical (unpaired) electrons. The molecule has 1 N–H and O–H groups in total. The number of nitrogens with one attached hydrogen (secondary N) is 1. The molecule has 5 nitrogen and oxygen atoms in total. The summed E-state index contributed by atoms with van der Waals surface area (Å²) in [5.74, 6) is 0.931. The van der Waals surface area contributed by atoms with Gasteiger partial charge in [-0.05, 0) is 54.7 Å². The highest BCUT2D eigenvalue weighted by atomic mass is 35.5. The van der Waals surface area contributed by atoms with Crippen molar-refractivity contribution in [2.24, 2.45) is 5.92 Å². The lowest BCUT2D eigenvalue weighted by atomic mass is 9.98. The van der Waals surface area contributed by atoms with Crippen LogP contribution in [-0.2, 0) is 4.79 Å². The van der Waals surface area contributed by atoms with E-state index in [-0.39, 0.29) is 17.6 Å². The summed E-state index contributed by atoms with van der Waals surface area (Å²) in [5.41, 5.74) is 1.75. The van der Waals surface area contributed by atoms with Gasteiger partial charge in [0.25, 0.3) is 11.8 Å². The minimum atomic E-state index is -0.371. The topological polar surface area (TPSA) is 58.6 Å². The zero-order valence-electron chi connectivity index (χ0n) is 15.6. The van der Waals surface area contributed by atoms with E-state index in [0.717, 1.165) is 25.9 Å². The average Bonchev–Trinajstić information content (AvgIpc) is 2.70. The Hall–Kier alpha value is -2.79. The van der Waals surface area contributed by atoms with Crippen molar-refractivity contribution in [2.45, 2.75) is 19.8 Å². The van der Waals surface area contributed by atoms with Gasteiger partial charge in [0.1, 0.15) is 0 Å². The van der Waals surface area contributed by atoms with Crippen LogP contribution in [0, 0.1) is 5.92 Å². The summed E-state index contributed by atoms with van der Waals surface area (Å²) in [5, 5.41) is 3.34. The molecule has 2 aliphatic heterocycles. The molecule has 0 unspecified atom stereocenters. The van der Waals surface area contributed by atoms with Crippen LogP contribution in [0.15, 0.2) is 48.2 Å². The Morgan fingerprint density at radius 1 is 1.21 bits per heavy atom. The lowest BCUT2D eigenvalue weighted by Gasteiger charge is -2.30. The predicted octanol–water partition coefficient (Wildman–Crippen LogP) is 4.58. The van der Waals surface area contributed by atoms with Gasteiger partial charge in [-0.1, -0.05) is 36.7 Å². The molecule has 144 valence electrons. The highest BCUT2D eigenvalue weighted by Gasteiger charge is 2.26. The van der Waals surface area contributed by atoms with Gasteiger partial charge in [-0.15, -0.1) is 0 Å². The van der Waals surface area contributed by atoms with Gasteiger partial charge in [0, 0.05) is 23.7 Å². The summed E-state index contributed by atoms with van der Waals surface area (Å²) in [6.07, 6.45) is 3.65. The van der Waals surface area contributed by atoms with Gasteiger partial charge in [-0.3, -0.25) is 9.59 Å². The van der Waals surface area contributed by atoms with Gasteiger partial charge in [0.2, 0.25) is 0 Å². The third kappa shape index (κ3) is 3.76. The Kier molecular flexibility index (Phi) is 5.09. The second-order valence-electron chi connectivity index (χ2n) is 7.27.